The van der Waals surface area contributed by atoms with Crippen molar-refractivity contribution in [2.24, 2.45) is 0 Å². The average Bonchev–Trinajstić information content (AvgIpc) is 2.46. The van der Waals surface area contributed by atoms with E-state index in [2.05, 4.69) is 5.32 Å². The summed E-state index contributed by atoms with van der Waals surface area (Å²) >= 11 is 0. The molecule has 0 saturated heterocycles. The Hall–Kier alpha value is -1.87. The summed E-state index contributed by atoms with van der Waals surface area (Å²) in [5.74, 6) is 0.312. The number of ether oxygens (including phenoxy) is 1. The van der Waals surface area contributed by atoms with Gasteiger partial charge in [-0.25, -0.2) is 4.39 Å². The van der Waals surface area contributed by atoms with Crippen LogP contribution in [0.1, 0.15) is 29.7 Å². The molecule has 0 aromatic heterocycles. The number of aryl methyl sites for hydroxylation is 1. The monoisotopic (exact) mass is 273 g/mol. The summed E-state index contributed by atoms with van der Waals surface area (Å²) in [5.41, 5.74) is 3.24. The lowest BCUT2D eigenvalue weighted by molar-refractivity contribution is 0.298. The first-order chi connectivity index (χ1) is 9.61. The van der Waals surface area contributed by atoms with E-state index < -0.39 is 0 Å². The van der Waals surface area contributed by atoms with Crippen LogP contribution < -0.4 is 10.1 Å². The molecule has 0 radical (unpaired) electrons. The Morgan fingerprint density at radius 3 is 2.65 bits per heavy atom. The molecule has 20 heavy (non-hydrogen) atoms. The van der Waals surface area contributed by atoms with Crippen molar-refractivity contribution in [1.82, 2.24) is 5.32 Å². The van der Waals surface area contributed by atoms with Gasteiger partial charge in [0, 0.05) is 17.7 Å². The van der Waals surface area contributed by atoms with Crippen molar-refractivity contribution in [3.63, 3.8) is 0 Å². The summed E-state index contributed by atoms with van der Waals surface area (Å²) in [6.07, 6.45) is 0. The van der Waals surface area contributed by atoms with Crippen LogP contribution in [0.3, 0.4) is 0 Å². The van der Waals surface area contributed by atoms with Crippen molar-refractivity contribution in [3.05, 3.63) is 65.0 Å². The molecule has 2 nitrogen and oxygen atoms in total. The molecule has 106 valence electrons. The Kier molecular flexibility index (Phi) is 4.74. The van der Waals surface area contributed by atoms with Crippen LogP contribution in [0, 0.1) is 12.7 Å². The Bertz CT molecular complexity index is 583. The molecule has 0 aliphatic rings. The first-order valence-electron chi connectivity index (χ1n) is 6.76. The fourth-order valence-corrected chi connectivity index (χ4v) is 2.07. The molecular weight excluding hydrogens is 253 g/mol. The largest absolute Gasteiger partial charge is 0.488 e. The fraction of sp³-hybridized carbons (Fsp3) is 0.294. The Balaban J connectivity index is 2.20. The standard InChI is InChI=1S/C17H20FNO/c1-12-6-4-5-7-14(12)11-20-17-10-15(18)8-9-16(17)13(2)19-3/h4-10,13,19H,11H2,1-3H3. The highest BCUT2D eigenvalue weighted by Gasteiger charge is 2.11. The number of hydrogen-bond acceptors (Lipinski definition) is 2. The highest BCUT2D eigenvalue weighted by Crippen LogP contribution is 2.27. The topological polar surface area (TPSA) is 21.3 Å². The van der Waals surface area contributed by atoms with E-state index in [1.807, 2.05) is 45.2 Å². The molecule has 0 aliphatic heterocycles. The van der Waals surface area contributed by atoms with Gasteiger partial charge in [-0.3, -0.25) is 0 Å². The molecule has 2 aromatic carbocycles. The fourth-order valence-electron chi connectivity index (χ4n) is 2.07. The first-order valence-corrected chi connectivity index (χ1v) is 6.76. The van der Waals surface area contributed by atoms with Gasteiger partial charge in [0.1, 0.15) is 18.2 Å². The van der Waals surface area contributed by atoms with E-state index in [4.69, 9.17) is 4.74 Å². The highest BCUT2D eigenvalue weighted by atomic mass is 19.1. The molecule has 1 atom stereocenters. The van der Waals surface area contributed by atoms with Crippen LogP contribution in [0.2, 0.25) is 0 Å². The van der Waals surface area contributed by atoms with Crippen LogP contribution in [0.4, 0.5) is 4.39 Å². The molecule has 2 rings (SSSR count). The van der Waals surface area contributed by atoms with Crippen LogP contribution in [0.5, 0.6) is 5.75 Å². The van der Waals surface area contributed by atoms with Gasteiger partial charge < -0.3 is 10.1 Å². The zero-order chi connectivity index (χ0) is 14.5. The van der Waals surface area contributed by atoms with E-state index in [0.717, 1.165) is 11.1 Å². The number of halogens is 1. The number of nitrogens with one attached hydrogen (secondary N) is 1. The third-order valence-electron chi connectivity index (χ3n) is 3.52. The molecular formula is C17H20FNO. The van der Waals surface area contributed by atoms with Gasteiger partial charge in [0.25, 0.3) is 0 Å². The zero-order valence-corrected chi connectivity index (χ0v) is 12.1. The second-order valence-electron chi connectivity index (χ2n) is 4.91. The molecule has 0 spiro atoms. The van der Waals surface area contributed by atoms with Crippen LogP contribution >= 0.6 is 0 Å². The van der Waals surface area contributed by atoms with E-state index in [-0.39, 0.29) is 11.9 Å². The van der Waals surface area contributed by atoms with Gasteiger partial charge in [-0.05, 0) is 38.1 Å². The summed E-state index contributed by atoms with van der Waals surface area (Å²) in [6, 6.07) is 12.8. The van der Waals surface area contributed by atoms with E-state index in [0.29, 0.717) is 12.4 Å². The van der Waals surface area contributed by atoms with E-state index in [9.17, 15) is 4.39 Å². The normalized spacial score (nSPS) is 12.2. The van der Waals surface area contributed by atoms with E-state index >= 15 is 0 Å². The summed E-state index contributed by atoms with van der Waals surface area (Å²) in [7, 11) is 1.87. The lowest BCUT2D eigenvalue weighted by Gasteiger charge is -2.17. The van der Waals surface area contributed by atoms with Crippen molar-refractivity contribution in [1.29, 1.82) is 0 Å². The molecule has 0 heterocycles. The van der Waals surface area contributed by atoms with Gasteiger partial charge in [0.2, 0.25) is 0 Å². The van der Waals surface area contributed by atoms with Crippen LogP contribution in [0.15, 0.2) is 42.5 Å². The highest BCUT2D eigenvalue weighted by molar-refractivity contribution is 5.37. The van der Waals surface area contributed by atoms with E-state index in [1.54, 1.807) is 6.07 Å². The van der Waals surface area contributed by atoms with Gasteiger partial charge in [0.05, 0.1) is 0 Å². The van der Waals surface area contributed by atoms with Crippen molar-refractivity contribution < 1.29 is 9.13 Å². The molecule has 0 fully saturated rings. The van der Waals surface area contributed by atoms with E-state index in [1.165, 1.54) is 17.7 Å². The van der Waals surface area contributed by atoms with Crippen LogP contribution in [-0.2, 0) is 6.61 Å². The zero-order valence-electron chi connectivity index (χ0n) is 12.1. The SMILES string of the molecule is CNC(C)c1ccc(F)cc1OCc1ccccc1C. The molecule has 0 amide bonds. The maximum Gasteiger partial charge on any atom is 0.127 e. The first kappa shape index (κ1) is 14.5. The van der Waals surface area contributed by atoms with Gasteiger partial charge in [-0.2, -0.15) is 0 Å². The van der Waals surface area contributed by atoms with Crippen molar-refractivity contribution in [2.75, 3.05) is 7.05 Å². The van der Waals surface area contributed by atoms with Gasteiger partial charge in [-0.15, -0.1) is 0 Å². The quantitative estimate of drug-likeness (QED) is 0.889. The average molecular weight is 273 g/mol. The summed E-state index contributed by atoms with van der Waals surface area (Å²) in [4.78, 5) is 0. The summed E-state index contributed by atoms with van der Waals surface area (Å²) in [5, 5.41) is 3.15. The molecule has 0 aliphatic carbocycles. The third-order valence-corrected chi connectivity index (χ3v) is 3.52. The summed E-state index contributed by atoms with van der Waals surface area (Å²) < 4.78 is 19.2. The molecule has 1 N–H and O–H groups in total. The van der Waals surface area contributed by atoms with Gasteiger partial charge >= 0.3 is 0 Å². The van der Waals surface area contributed by atoms with Crippen molar-refractivity contribution in [3.8, 4) is 5.75 Å². The Morgan fingerprint density at radius 2 is 1.95 bits per heavy atom. The van der Waals surface area contributed by atoms with Crippen LogP contribution in [0.25, 0.3) is 0 Å². The minimum absolute atomic E-state index is 0.113. The Morgan fingerprint density at radius 1 is 1.20 bits per heavy atom. The summed E-state index contributed by atoms with van der Waals surface area (Å²) in [6.45, 7) is 4.51. The molecule has 3 heteroatoms. The predicted octanol–water partition coefficient (Wildman–Crippen LogP) is 3.99. The lowest BCUT2D eigenvalue weighted by Crippen LogP contribution is -2.14. The van der Waals surface area contributed by atoms with Crippen LogP contribution in [-0.4, -0.2) is 7.05 Å². The van der Waals surface area contributed by atoms with Gasteiger partial charge in [0.15, 0.2) is 0 Å². The number of benzene rings is 2. The number of hydrogen-bond donors (Lipinski definition) is 1. The molecule has 0 bridgehead atoms. The maximum atomic E-state index is 13.4. The van der Waals surface area contributed by atoms with Crippen molar-refractivity contribution in [2.45, 2.75) is 26.5 Å². The van der Waals surface area contributed by atoms with Crippen molar-refractivity contribution >= 4 is 0 Å². The Labute approximate surface area is 119 Å². The smallest absolute Gasteiger partial charge is 0.127 e. The lowest BCUT2D eigenvalue weighted by atomic mass is 10.1. The molecule has 0 saturated carbocycles. The second kappa shape index (κ2) is 6.53. The number of rotatable bonds is 5. The predicted molar refractivity (Wildman–Crippen MR) is 79.4 cm³/mol. The molecule has 2 aromatic rings. The maximum absolute atomic E-state index is 13.4. The third kappa shape index (κ3) is 3.36. The second-order valence-corrected chi connectivity index (χ2v) is 4.91. The minimum Gasteiger partial charge on any atom is -0.488 e. The van der Waals surface area contributed by atoms with Gasteiger partial charge in [-0.1, -0.05) is 30.3 Å². The molecule has 1 unspecified atom stereocenters. The minimum atomic E-state index is -0.281.